The van der Waals surface area contributed by atoms with Crippen LogP contribution < -0.4 is 0 Å². The molecule has 0 amide bonds. The molecule has 0 aromatic heterocycles. The van der Waals surface area contributed by atoms with Gasteiger partial charge in [0, 0.05) is 17.6 Å². The second kappa shape index (κ2) is 11.8. The summed E-state index contributed by atoms with van der Waals surface area (Å²) < 4.78 is 16.3. The number of aliphatic hydroxyl groups excluding tert-OH is 2. The Hall–Kier alpha value is -2.97. The van der Waals surface area contributed by atoms with E-state index in [0.717, 1.165) is 5.57 Å². The van der Waals surface area contributed by atoms with E-state index in [1.807, 2.05) is 13.0 Å². The largest absolute Gasteiger partial charge is 0.458 e. The van der Waals surface area contributed by atoms with Crippen molar-refractivity contribution < 1.29 is 38.8 Å². The minimum atomic E-state index is -0.799. The Balaban J connectivity index is 2.31. The zero-order valence-corrected chi connectivity index (χ0v) is 19.5. The molecule has 1 fully saturated rings. The fourth-order valence-corrected chi connectivity index (χ4v) is 3.59. The molecule has 180 valence electrons. The van der Waals surface area contributed by atoms with Crippen molar-refractivity contribution in [1.29, 1.82) is 0 Å². The molecule has 1 heterocycles. The van der Waals surface area contributed by atoms with E-state index >= 15 is 0 Å². The number of fused-ring (bicyclic) bond motifs is 1. The summed E-state index contributed by atoms with van der Waals surface area (Å²) in [6, 6.07) is 0. The van der Waals surface area contributed by atoms with Gasteiger partial charge in [0.25, 0.3) is 0 Å². The van der Waals surface area contributed by atoms with Gasteiger partial charge in [-0.2, -0.15) is 0 Å². The topological polar surface area (TPSA) is 119 Å². The van der Waals surface area contributed by atoms with Gasteiger partial charge >= 0.3 is 17.9 Å². The number of esters is 3. The van der Waals surface area contributed by atoms with E-state index in [-0.39, 0.29) is 24.2 Å². The number of carbonyl (C=O) groups is 3. The molecule has 1 aliphatic heterocycles. The minimum absolute atomic E-state index is 0.0250. The summed E-state index contributed by atoms with van der Waals surface area (Å²) in [5, 5.41) is 19.7. The summed E-state index contributed by atoms with van der Waals surface area (Å²) in [6.07, 6.45) is 4.70. The molecular weight excluding hydrogens is 428 g/mol. The number of rotatable bonds is 6. The standard InChI is InChI=1S/C25H32O8/c1-6-15(3)23(28)31-13-18(9-10-26)25(30)33-20-11-14(2)7-8-19(27)16(4)12-21-22(20)17(5)24(29)32-21/h6-7,9,12,19-22,26-27H,5,8,10-11,13H2,1-4H3. The zero-order valence-electron chi connectivity index (χ0n) is 19.5. The summed E-state index contributed by atoms with van der Waals surface area (Å²) in [4.78, 5) is 37.2. The molecule has 0 saturated carbocycles. The first kappa shape index (κ1) is 26.3. The molecule has 33 heavy (non-hydrogen) atoms. The Kier molecular flexibility index (Phi) is 9.37. The lowest BCUT2D eigenvalue weighted by Gasteiger charge is -2.28. The third-order valence-corrected chi connectivity index (χ3v) is 5.80. The Morgan fingerprint density at radius 2 is 2.00 bits per heavy atom. The van der Waals surface area contributed by atoms with E-state index < -0.39 is 48.7 Å². The van der Waals surface area contributed by atoms with Gasteiger partial charge in [0.05, 0.1) is 24.2 Å². The van der Waals surface area contributed by atoms with Crippen LogP contribution in [0.4, 0.5) is 0 Å². The smallest absolute Gasteiger partial charge is 0.337 e. The van der Waals surface area contributed by atoms with Crippen LogP contribution in [-0.2, 0) is 28.6 Å². The van der Waals surface area contributed by atoms with Gasteiger partial charge in [0.15, 0.2) is 0 Å². The van der Waals surface area contributed by atoms with E-state index in [1.54, 1.807) is 32.9 Å². The highest BCUT2D eigenvalue weighted by atomic mass is 16.6. The number of aliphatic hydroxyl groups is 2. The normalized spacial score (nSPS) is 26.6. The van der Waals surface area contributed by atoms with E-state index in [0.29, 0.717) is 17.6 Å². The molecule has 0 aromatic rings. The SMILES string of the molecule is C=C1C(=O)OC2C=C(C)C(O)CC=C(C)CC(OC(=O)C(=CCO)COC(=O)C(C)=CC)C12. The summed E-state index contributed by atoms with van der Waals surface area (Å²) >= 11 is 0. The quantitative estimate of drug-likeness (QED) is 0.269. The Labute approximate surface area is 193 Å². The maximum Gasteiger partial charge on any atom is 0.337 e. The van der Waals surface area contributed by atoms with Crippen molar-refractivity contribution in [3.63, 3.8) is 0 Å². The van der Waals surface area contributed by atoms with Crippen LogP contribution in [0.15, 0.2) is 58.7 Å². The van der Waals surface area contributed by atoms with E-state index in [9.17, 15) is 24.6 Å². The summed E-state index contributed by atoms with van der Waals surface area (Å²) in [6.45, 7) is 9.87. The number of allylic oxidation sites excluding steroid dienone is 1. The van der Waals surface area contributed by atoms with E-state index in [2.05, 4.69) is 6.58 Å². The third kappa shape index (κ3) is 6.76. The van der Waals surface area contributed by atoms with Crippen molar-refractivity contribution in [3.8, 4) is 0 Å². The first-order chi connectivity index (χ1) is 15.6. The molecule has 1 saturated heterocycles. The van der Waals surface area contributed by atoms with Crippen LogP contribution in [0, 0.1) is 5.92 Å². The molecule has 1 aliphatic carbocycles. The van der Waals surface area contributed by atoms with Crippen LogP contribution in [0.3, 0.4) is 0 Å². The van der Waals surface area contributed by atoms with Crippen molar-refractivity contribution in [2.75, 3.05) is 13.2 Å². The second-order valence-electron chi connectivity index (χ2n) is 8.24. The van der Waals surface area contributed by atoms with Crippen LogP contribution in [0.2, 0.25) is 0 Å². The number of ether oxygens (including phenoxy) is 3. The Morgan fingerprint density at radius 3 is 2.64 bits per heavy atom. The zero-order chi connectivity index (χ0) is 24.7. The predicted octanol–water partition coefficient (Wildman–Crippen LogP) is 2.47. The van der Waals surface area contributed by atoms with Gasteiger partial charge < -0.3 is 24.4 Å². The maximum atomic E-state index is 13.0. The van der Waals surface area contributed by atoms with Gasteiger partial charge in [-0.05, 0) is 51.8 Å². The number of hydrogen-bond donors (Lipinski definition) is 2. The van der Waals surface area contributed by atoms with Gasteiger partial charge in [0.1, 0.15) is 18.8 Å². The van der Waals surface area contributed by atoms with Crippen molar-refractivity contribution in [1.82, 2.24) is 0 Å². The van der Waals surface area contributed by atoms with Crippen molar-refractivity contribution in [3.05, 3.63) is 58.7 Å². The van der Waals surface area contributed by atoms with Crippen LogP contribution in [0.25, 0.3) is 0 Å². The molecule has 0 spiro atoms. The fraction of sp³-hybridized carbons (Fsp3) is 0.480. The molecule has 0 radical (unpaired) electrons. The van der Waals surface area contributed by atoms with E-state index in [4.69, 9.17) is 14.2 Å². The summed E-state index contributed by atoms with van der Waals surface area (Å²) in [7, 11) is 0. The Morgan fingerprint density at radius 1 is 1.30 bits per heavy atom. The maximum absolute atomic E-state index is 13.0. The minimum Gasteiger partial charge on any atom is -0.458 e. The third-order valence-electron chi connectivity index (χ3n) is 5.80. The first-order valence-corrected chi connectivity index (χ1v) is 10.8. The van der Waals surface area contributed by atoms with Crippen molar-refractivity contribution in [2.24, 2.45) is 5.92 Å². The van der Waals surface area contributed by atoms with Gasteiger partial charge in [-0.25, -0.2) is 14.4 Å². The van der Waals surface area contributed by atoms with Gasteiger partial charge in [0.2, 0.25) is 0 Å². The monoisotopic (exact) mass is 460 g/mol. The molecule has 4 atom stereocenters. The molecule has 8 nitrogen and oxygen atoms in total. The highest BCUT2D eigenvalue weighted by Gasteiger charge is 2.44. The molecule has 0 bridgehead atoms. The average Bonchev–Trinajstić information content (AvgIpc) is 3.05. The second-order valence-corrected chi connectivity index (χ2v) is 8.24. The molecule has 0 aromatic carbocycles. The lowest BCUT2D eigenvalue weighted by molar-refractivity contribution is -0.148. The molecular formula is C25H32O8. The number of carbonyl (C=O) groups excluding carboxylic acids is 3. The van der Waals surface area contributed by atoms with Crippen LogP contribution in [0.1, 0.15) is 40.5 Å². The Bertz CT molecular complexity index is 921. The van der Waals surface area contributed by atoms with Crippen molar-refractivity contribution >= 4 is 17.9 Å². The van der Waals surface area contributed by atoms with Crippen LogP contribution in [-0.4, -0.2) is 59.6 Å². The van der Waals surface area contributed by atoms with E-state index in [1.165, 1.54) is 6.08 Å². The highest BCUT2D eigenvalue weighted by Crippen LogP contribution is 2.36. The molecule has 2 N–H and O–H groups in total. The van der Waals surface area contributed by atoms with Gasteiger partial charge in [-0.15, -0.1) is 0 Å². The summed E-state index contributed by atoms with van der Waals surface area (Å²) in [5.74, 6) is -2.62. The first-order valence-electron chi connectivity index (χ1n) is 10.8. The molecule has 8 heteroatoms. The lowest BCUT2D eigenvalue weighted by Crippen LogP contribution is -2.34. The highest BCUT2D eigenvalue weighted by molar-refractivity contribution is 5.93. The van der Waals surface area contributed by atoms with Gasteiger partial charge in [-0.1, -0.05) is 24.3 Å². The molecule has 2 rings (SSSR count). The van der Waals surface area contributed by atoms with Crippen molar-refractivity contribution in [2.45, 2.75) is 58.8 Å². The number of hydrogen-bond acceptors (Lipinski definition) is 8. The molecule has 2 aliphatic rings. The summed E-state index contributed by atoms with van der Waals surface area (Å²) in [5.41, 5.74) is 2.02. The van der Waals surface area contributed by atoms with Gasteiger partial charge in [-0.3, -0.25) is 0 Å². The molecule has 4 unspecified atom stereocenters. The predicted molar refractivity (Wildman–Crippen MR) is 121 cm³/mol. The average molecular weight is 461 g/mol. The fourth-order valence-electron chi connectivity index (χ4n) is 3.59. The lowest BCUT2D eigenvalue weighted by atomic mass is 9.85. The van der Waals surface area contributed by atoms with Crippen LogP contribution in [0.5, 0.6) is 0 Å². The van der Waals surface area contributed by atoms with Crippen LogP contribution >= 0.6 is 0 Å².